The number of nitrogens with zero attached hydrogens (tertiary/aromatic N) is 5. The smallest absolute Gasteiger partial charge is 0.260 e. The third-order valence-electron chi connectivity index (χ3n) is 4.96. The number of aromatic nitrogens is 4. The zero-order chi connectivity index (χ0) is 19.8. The molecule has 0 aliphatic carbocycles. The third kappa shape index (κ3) is 3.61. The van der Waals surface area contributed by atoms with Crippen LogP contribution in [0.15, 0.2) is 47.1 Å². The first kappa shape index (κ1) is 17.9. The lowest BCUT2D eigenvalue weighted by Gasteiger charge is -2.21. The molecule has 1 radical (unpaired) electrons. The molecule has 0 saturated carbocycles. The molecule has 1 atom stereocenters. The zero-order valence-electron chi connectivity index (χ0n) is 15.8. The molecule has 3 heterocycles. The van der Waals surface area contributed by atoms with Crippen molar-refractivity contribution < 1.29 is 4.52 Å². The van der Waals surface area contributed by atoms with Crippen LogP contribution in [0.5, 0.6) is 0 Å². The average Bonchev–Trinajstić information content (AvgIpc) is 3.37. The number of halogens is 1. The Labute approximate surface area is 172 Å². The summed E-state index contributed by atoms with van der Waals surface area (Å²) in [5.74, 6) is 1.85. The van der Waals surface area contributed by atoms with Gasteiger partial charge >= 0.3 is 0 Å². The molecule has 1 saturated heterocycles. The van der Waals surface area contributed by atoms with E-state index in [1.165, 1.54) is 0 Å². The predicted molar refractivity (Wildman–Crippen MR) is 112 cm³/mol. The van der Waals surface area contributed by atoms with Gasteiger partial charge in [-0.3, -0.25) is 4.98 Å². The molecule has 1 aliphatic rings. The van der Waals surface area contributed by atoms with Crippen LogP contribution in [0.1, 0.15) is 12.2 Å². The fourth-order valence-corrected chi connectivity index (χ4v) is 3.79. The van der Waals surface area contributed by atoms with Crippen LogP contribution >= 0.6 is 11.6 Å². The van der Waals surface area contributed by atoms with Crippen LogP contribution in [0.3, 0.4) is 0 Å². The Morgan fingerprint density at radius 2 is 2.17 bits per heavy atom. The van der Waals surface area contributed by atoms with Crippen molar-refractivity contribution in [3.05, 3.63) is 59.5 Å². The monoisotopic (exact) mass is 405 g/mol. The van der Waals surface area contributed by atoms with Gasteiger partial charge in [-0.2, -0.15) is 4.98 Å². The highest BCUT2D eigenvalue weighted by molar-refractivity contribution is 6.31. The topological polar surface area (TPSA) is 80.0 Å². The van der Waals surface area contributed by atoms with Crippen molar-refractivity contribution in [2.24, 2.45) is 0 Å². The Kier molecular flexibility index (Phi) is 4.52. The van der Waals surface area contributed by atoms with Gasteiger partial charge in [0.25, 0.3) is 5.89 Å². The number of nitrogens with one attached hydrogen (secondary N) is 1. The van der Waals surface area contributed by atoms with Crippen molar-refractivity contribution in [1.29, 1.82) is 0 Å². The van der Waals surface area contributed by atoms with Gasteiger partial charge in [-0.15, -0.1) is 0 Å². The van der Waals surface area contributed by atoms with Crippen LogP contribution in [-0.2, 0) is 0 Å². The number of rotatable bonds is 4. The predicted octanol–water partition coefficient (Wildman–Crippen LogP) is 4.13. The molecule has 8 heteroatoms. The molecule has 0 unspecified atom stereocenters. The lowest BCUT2D eigenvalue weighted by molar-refractivity contribution is 0.425. The Morgan fingerprint density at radius 3 is 3.03 bits per heavy atom. The summed E-state index contributed by atoms with van der Waals surface area (Å²) < 4.78 is 5.36. The molecule has 0 spiro atoms. The number of aryl methyl sites for hydroxylation is 1. The van der Waals surface area contributed by atoms with E-state index >= 15 is 0 Å². The lowest BCUT2D eigenvalue weighted by Crippen LogP contribution is -2.26. The minimum Gasteiger partial charge on any atom is -0.369 e. The summed E-state index contributed by atoms with van der Waals surface area (Å²) in [4.78, 5) is 15.8. The van der Waals surface area contributed by atoms with E-state index in [1.807, 2.05) is 37.3 Å². The summed E-state index contributed by atoms with van der Waals surface area (Å²) in [6, 6.07) is 14.9. The van der Waals surface area contributed by atoms with E-state index in [4.69, 9.17) is 16.1 Å². The normalized spacial score (nSPS) is 16.5. The van der Waals surface area contributed by atoms with Crippen LogP contribution in [0, 0.1) is 13.0 Å². The fourth-order valence-electron chi connectivity index (χ4n) is 3.62. The number of anilines is 2. The van der Waals surface area contributed by atoms with Crippen molar-refractivity contribution in [3.8, 4) is 11.5 Å². The largest absolute Gasteiger partial charge is 0.369 e. The molecule has 29 heavy (non-hydrogen) atoms. The summed E-state index contributed by atoms with van der Waals surface area (Å²) in [6.45, 7) is 3.54. The van der Waals surface area contributed by atoms with Gasteiger partial charge in [0.05, 0.1) is 28.5 Å². The van der Waals surface area contributed by atoms with Crippen LogP contribution < -0.4 is 10.2 Å². The summed E-state index contributed by atoms with van der Waals surface area (Å²) >= 11 is 6.08. The first-order chi connectivity index (χ1) is 14.2. The minimum atomic E-state index is 0.249. The van der Waals surface area contributed by atoms with Crippen LogP contribution in [0.2, 0.25) is 5.02 Å². The summed E-state index contributed by atoms with van der Waals surface area (Å²) in [7, 11) is 0. The Bertz CT molecular complexity index is 1180. The third-order valence-corrected chi connectivity index (χ3v) is 5.20. The second-order valence-corrected chi connectivity index (χ2v) is 7.48. The van der Waals surface area contributed by atoms with E-state index in [2.05, 4.69) is 42.5 Å². The SMILES string of the molecule is Cc1noc(-c2[c]cccc2N2CC[C@@H](Nc3cnc4ccc(Cl)cc4n3)C2)n1. The number of fused-ring (bicyclic) bond motifs is 1. The molecule has 1 fully saturated rings. The van der Waals surface area contributed by atoms with Gasteiger partial charge in [0.15, 0.2) is 5.82 Å². The number of benzene rings is 2. The zero-order valence-corrected chi connectivity index (χ0v) is 16.5. The van der Waals surface area contributed by atoms with E-state index < -0.39 is 0 Å². The second-order valence-electron chi connectivity index (χ2n) is 7.04. The molecule has 1 aliphatic heterocycles. The van der Waals surface area contributed by atoms with Crippen molar-refractivity contribution in [2.75, 3.05) is 23.3 Å². The summed E-state index contributed by atoms with van der Waals surface area (Å²) in [6.07, 6.45) is 2.74. The van der Waals surface area contributed by atoms with Gasteiger partial charge in [-0.05, 0) is 43.7 Å². The maximum Gasteiger partial charge on any atom is 0.260 e. The van der Waals surface area contributed by atoms with Gasteiger partial charge in [-0.25, -0.2) is 4.98 Å². The number of hydrogen-bond acceptors (Lipinski definition) is 7. The average molecular weight is 406 g/mol. The standard InChI is InChI=1S/C21H18ClN6O/c1-13-24-21(29-27-13)16-4-2-3-5-19(16)28-9-8-15(12-28)25-20-11-23-17-7-6-14(22)10-18(17)26-20/h2-3,5-7,10-11,15H,8-9,12H2,1H3,(H,25,26)/t15-/m1/s1. The molecule has 0 bridgehead atoms. The highest BCUT2D eigenvalue weighted by Crippen LogP contribution is 2.32. The first-order valence-electron chi connectivity index (χ1n) is 9.41. The van der Waals surface area contributed by atoms with Crippen molar-refractivity contribution >= 4 is 34.1 Å². The summed E-state index contributed by atoms with van der Waals surface area (Å²) in [5, 5.41) is 8.05. The fraction of sp³-hybridized carbons (Fsp3) is 0.238. The van der Waals surface area contributed by atoms with E-state index in [-0.39, 0.29) is 6.04 Å². The number of hydrogen-bond donors (Lipinski definition) is 1. The van der Waals surface area contributed by atoms with Gasteiger partial charge in [-0.1, -0.05) is 28.9 Å². The van der Waals surface area contributed by atoms with Crippen molar-refractivity contribution in [1.82, 2.24) is 20.1 Å². The highest BCUT2D eigenvalue weighted by Gasteiger charge is 2.26. The van der Waals surface area contributed by atoms with Crippen molar-refractivity contribution in [2.45, 2.75) is 19.4 Å². The Balaban J connectivity index is 1.35. The van der Waals surface area contributed by atoms with Crippen molar-refractivity contribution in [3.63, 3.8) is 0 Å². The molecule has 145 valence electrons. The van der Waals surface area contributed by atoms with Crippen LogP contribution in [-0.4, -0.2) is 39.2 Å². The van der Waals surface area contributed by atoms with Crippen LogP contribution in [0.25, 0.3) is 22.5 Å². The van der Waals surface area contributed by atoms with E-state index in [0.717, 1.165) is 47.6 Å². The van der Waals surface area contributed by atoms with Gasteiger partial charge < -0.3 is 14.7 Å². The maximum absolute atomic E-state index is 6.08. The molecule has 2 aromatic heterocycles. The quantitative estimate of drug-likeness (QED) is 0.546. The molecular formula is C21H18ClN6O. The molecule has 1 N–H and O–H groups in total. The van der Waals surface area contributed by atoms with Gasteiger partial charge in [0, 0.05) is 24.2 Å². The highest BCUT2D eigenvalue weighted by atomic mass is 35.5. The molecule has 4 aromatic rings. The van der Waals surface area contributed by atoms with Gasteiger partial charge in [0.1, 0.15) is 5.82 Å². The minimum absolute atomic E-state index is 0.249. The molecular weight excluding hydrogens is 388 g/mol. The molecule has 2 aromatic carbocycles. The molecule has 0 amide bonds. The maximum atomic E-state index is 6.08. The Morgan fingerprint density at radius 1 is 1.24 bits per heavy atom. The van der Waals surface area contributed by atoms with E-state index in [1.54, 1.807) is 6.20 Å². The summed E-state index contributed by atoms with van der Waals surface area (Å²) in [5.41, 5.74) is 3.47. The van der Waals surface area contributed by atoms with E-state index in [0.29, 0.717) is 16.7 Å². The van der Waals surface area contributed by atoms with Crippen LogP contribution in [0.4, 0.5) is 11.5 Å². The Hall–Kier alpha value is -3.19. The lowest BCUT2D eigenvalue weighted by atomic mass is 10.1. The molecule has 7 nitrogen and oxygen atoms in total. The second kappa shape index (κ2) is 7.33. The van der Waals surface area contributed by atoms with E-state index in [9.17, 15) is 0 Å². The first-order valence-corrected chi connectivity index (χ1v) is 9.79. The van der Waals surface area contributed by atoms with Gasteiger partial charge in [0.2, 0.25) is 0 Å². The molecule has 5 rings (SSSR count).